The third kappa shape index (κ3) is 0.948. The summed E-state index contributed by atoms with van der Waals surface area (Å²) in [5, 5.41) is 0. The molecule has 0 saturated carbocycles. The predicted molar refractivity (Wildman–Crippen MR) is 43.9 cm³/mol. The van der Waals surface area contributed by atoms with Crippen LogP contribution in [-0.4, -0.2) is 19.9 Å². The standard InChI is InChI=1S/C9H6IN2O/c13-8-5-10-9-11-6-3-1-2-4-7(6)12(8)9/h1-4H,5H2/q-1. The molecule has 0 radical (unpaired) electrons. The maximum atomic E-state index is 11.5. The van der Waals surface area contributed by atoms with Crippen molar-refractivity contribution in [1.82, 2.24) is 9.55 Å². The summed E-state index contributed by atoms with van der Waals surface area (Å²) in [6.45, 7) is 0. The Bertz CT molecular complexity index is 503. The van der Waals surface area contributed by atoms with E-state index in [0.717, 1.165) is 14.9 Å². The fourth-order valence-electron chi connectivity index (χ4n) is 1.50. The number of hydrogen-bond donors (Lipinski definition) is 0. The number of para-hydroxylation sites is 2. The number of fused-ring (bicyclic) bond motifs is 3. The molecule has 0 aliphatic carbocycles. The van der Waals surface area contributed by atoms with Gasteiger partial charge in [0.25, 0.3) is 0 Å². The Balaban J connectivity index is 2.46. The van der Waals surface area contributed by atoms with Gasteiger partial charge in [0.1, 0.15) is 0 Å². The molecule has 66 valence electrons. The summed E-state index contributed by atoms with van der Waals surface area (Å²) >= 11 is -0.164. The summed E-state index contributed by atoms with van der Waals surface area (Å²) in [4.78, 5) is 15.9. The summed E-state index contributed by atoms with van der Waals surface area (Å²) in [7, 11) is 0. The molecule has 0 N–H and O–H groups in total. The maximum absolute atomic E-state index is 11.5. The van der Waals surface area contributed by atoms with Gasteiger partial charge in [0.2, 0.25) is 0 Å². The molecule has 2 heterocycles. The number of carbonyl (C=O) groups excluding carboxylic acids is 1. The van der Waals surface area contributed by atoms with E-state index in [4.69, 9.17) is 0 Å². The molecule has 0 fully saturated rings. The van der Waals surface area contributed by atoms with Gasteiger partial charge in [-0.25, -0.2) is 0 Å². The SMILES string of the molecule is O=C1C[I-]c2nc3ccccc3n21. The molecule has 1 aromatic heterocycles. The Kier molecular flexibility index (Phi) is 1.46. The third-order valence-corrected chi connectivity index (χ3v) is 4.51. The average molecular weight is 285 g/mol. The molecule has 4 heteroatoms. The van der Waals surface area contributed by atoms with Gasteiger partial charge in [-0.3, -0.25) is 0 Å². The van der Waals surface area contributed by atoms with E-state index in [1.54, 1.807) is 4.57 Å². The molecule has 2 aromatic rings. The van der Waals surface area contributed by atoms with E-state index in [2.05, 4.69) is 4.98 Å². The minimum atomic E-state index is -0.164. The summed E-state index contributed by atoms with van der Waals surface area (Å²) in [6.07, 6.45) is 0. The molecule has 0 unspecified atom stereocenters. The molecular formula is C9H6IN2O-. The first kappa shape index (κ1) is 7.49. The van der Waals surface area contributed by atoms with Crippen LogP contribution in [0.2, 0.25) is 0 Å². The van der Waals surface area contributed by atoms with Crippen molar-refractivity contribution in [3.05, 3.63) is 28.1 Å². The summed E-state index contributed by atoms with van der Waals surface area (Å²) in [6, 6.07) is 7.81. The van der Waals surface area contributed by atoms with Gasteiger partial charge in [0.05, 0.1) is 0 Å². The summed E-state index contributed by atoms with van der Waals surface area (Å²) < 4.78 is 3.51. The number of aromatic nitrogens is 2. The monoisotopic (exact) mass is 285 g/mol. The molecule has 1 aliphatic rings. The van der Waals surface area contributed by atoms with E-state index in [-0.39, 0.29) is 27.1 Å². The van der Waals surface area contributed by atoms with Gasteiger partial charge in [0.15, 0.2) is 0 Å². The molecule has 0 spiro atoms. The summed E-state index contributed by atoms with van der Waals surface area (Å²) in [5.41, 5.74) is 1.92. The Hall–Kier alpha value is -0.910. The number of halogens is 1. The number of benzene rings is 1. The van der Waals surface area contributed by atoms with Crippen molar-refractivity contribution in [3.8, 4) is 0 Å². The number of rotatable bonds is 0. The third-order valence-electron chi connectivity index (χ3n) is 2.07. The van der Waals surface area contributed by atoms with Gasteiger partial charge in [-0.1, -0.05) is 0 Å². The number of imidazole rings is 1. The van der Waals surface area contributed by atoms with Crippen molar-refractivity contribution in [2.45, 2.75) is 0 Å². The van der Waals surface area contributed by atoms with Gasteiger partial charge in [-0.15, -0.1) is 0 Å². The first-order valence-corrected chi connectivity index (χ1v) is 6.56. The van der Waals surface area contributed by atoms with Crippen LogP contribution in [0.3, 0.4) is 0 Å². The fourth-order valence-corrected chi connectivity index (χ4v) is 3.81. The van der Waals surface area contributed by atoms with Crippen molar-refractivity contribution in [2.24, 2.45) is 0 Å². The second kappa shape index (κ2) is 2.54. The van der Waals surface area contributed by atoms with Crippen LogP contribution in [-0.2, 0) is 0 Å². The van der Waals surface area contributed by atoms with Gasteiger partial charge >= 0.3 is 85.0 Å². The zero-order chi connectivity index (χ0) is 8.84. The van der Waals surface area contributed by atoms with Crippen molar-refractivity contribution in [2.75, 3.05) is 4.43 Å². The number of hydrogen-bond acceptors (Lipinski definition) is 2. The van der Waals surface area contributed by atoms with Gasteiger partial charge in [-0.2, -0.15) is 0 Å². The molecule has 0 atom stereocenters. The summed E-state index contributed by atoms with van der Waals surface area (Å²) in [5.74, 6) is 0.219. The zero-order valence-corrected chi connectivity index (χ0v) is 8.85. The first-order valence-electron chi connectivity index (χ1n) is 3.96. The van der Waals surface area contributed by atoms with Crippen molar-refractivity contribution in [3.63, 3.8) is 0 Å². The van der Waals surface area contributed by atoms with Gasteiger partial charge < -0.3 is 0 Å². The molecule has 3 rings (SSSR count). The second-order valence-electron chi connectivity index (χ2n) is 2.87. The number of nitrogens with zero attached hydrogens (tertiary/aromatic N) is 2. The van der Waals surface area contributed by atoms with E-state index in [0.29, 0.717) is 4.43 Å². The normalized spacial score (nSPS) is 15.8. The van der Waals surface area contributed by atoms with E-state index in [1.807, 2.05) is 24.3 Å². The Morgan fingerprint density at radius 1 is 1.38 bits per heavy atom. The second-order valence-corrected chi connectivity index (χ2v) is 5.36. The number of carbonyl (C=O) groups is 1. The fraction of sp³-hybridized carbons (Fsp3) is 0.111. The van der Waals surface area contributed by atoms with Crippen LogP contribution in [0.4, 0.5) is 0 Å². The van der Waals surface area contributed by atoms with Crippen molar-refractivity contribution < 1.29 is 26.0 Å². The molecule has 0 amide bonds. The Morgan fingerprint density at radius 3 is 3.15 bits per heavy atom. The first-order chi connectivity index (χ1) is 6.36. The van der Waals surface area contributed by atoms with Crippen LogP contribution in [0.1, 0.15) is 4.79 Å². The Morgan fingerprint density at radius 2 is 2.23 bits per heavy atom. The van der Waals surface area contributed by atoms with Crippen molar-refractivity contribution >= 4 is 16.9 Å². The van der Waals surface area contributed by atoms with E-state index < -0.39 is 0 Å². The van der Waals surface area contributed by atoms with Crippen LogP contribution in [0, 0.1) is 3.83 Å². The van der Waals surface area contributed by atoms with Crippen LogP contribution >= 0.6 is 0 Å². The predicted octanol–water partition coefficient (Wildman–Crippen LogP) is -2.05. The molecule has 0 saturated heterocycles. The Labute approximate surface area is 85.0 Å². The van der Waals surface area contributed by atoms with Crippen LogP contribution in [0.25, 0.3) is 11.0 Å². The molecule has 1 aliphatic heterocycles. The van der Waals surface area contributed by atoms with E-state index in [9.17, 15) is 4.79 Å². The van der Waals surface area contributed by atoms with E-state index >= 15 is 0 Å². The van der Waals surface area contributed by atoms with Crippen LogP contribution in [0.15, 0.2) is 24.3 Å². The van der Waals surface area contributed by atoms with Crippen molar-refractivity contribution in [1.29, 1.82) is 0 Å². The molecule has 3 nitrogen and oxygen atoms in total. The zero-order valence-electron chi connectivity index (χ0n) is 6.70. The molecule has 1 aromatic carbocycles. The average Bonchev–Trinajstić information content (AvgIpc) is 2.66. The topological polar surface area (TPSA) is 34.9 Å². The molecule has 0 bridgehead atoms. The van der Waals surface area contributed by atoms with Crippen LogP contribution < -0.4 is 21.2 Å². The molecule has 13 heavy (non-hydrogen) atoms. The van der Waals surface area contributed by atoms with E-state index in [1.165, 1.54) is 0 Å². The molecular weight excluding hydrogens is 279 g/mol. The van der Waals surface area contributed by atoms with Gasteiger partial charge in [0, 0.05) is 0 Å². The number of alkyl halides is 1. The minimum absolute atomic E-state index is 0.164. The quantitative estimate of drug-likeness (QED) is 0.412. The van der Waals surface area contributed by atoms with Crippen LogP contribution in [0.5, 0.6) is 0 Å². The van der Waals surface area contributed by atoms with Gasteiger partial charge in [-0.05, 0) is 0 Å².